The molecular formula is C20H31N4O8PS. The van der Waals surface area contributed by atoms with Crippen molar-refractivity contribution < 1.29 is 33.4 Å². The number of H-pyrrole nitrogens is 1. The summed E-state index contributed by atoms with van der Waals surface area (Å²) in [5, 5.41) is 21.8. The minimum absolute atomic E-state index is 0.0331. The maximum atomic E-state index is 12.1. The monoisotopic (exact) mass is 518 g/mol. The largest absolute Gasteiger partial charge is 0.387 e. The van der Waals surface area contributed by atoms with E-state index in [0.29, 0.717) is 12.2 Å². The summed E-state index contributed by atoms with van der Waals surface area (Å²) in [4.78, 5) is 30.6. The molecule has 12 nitrogen and oxygen atoms in total. The molecule has 34 heavy (non-hydrogen) atoms. The molecule has 0 aromatic carbocycles. The fourth-order valence-corrected chi connectivity index (χ4v) is 5.11. The number of carbonyl (C=O) groups excluding carboxylic acids is 1. The number of aliphatic hydroxyl groups is 2. The van der Waals surface area contributed by atoms with Gasteiger partial charge in [-0.05, 0) is 19.4 Å². The van der Waals surface area contributed by atoms with Crippen LogP contribution >= 0.6 is 20.0 Å². The number of thioether (sulfide) groups is 1. The minimum atomic E-state index is -2.92. The maximum Gasteiger partial charge on any atom is 0.319 e. The molecule has 0 spiro atoms. The van der Waals surface area contributed by atoms with Gasteiger partial charge in [0.1, 0.15) is 17.8 Å². The molecule has 0 bridgehead atoms. The number of aliphatic hydroxyl groups excluding tert-OH is 1. The lowest BCUT2D eigenvalue weighted by molar-refractivity contribution is -0.118. The predicted octanol–water partition coefficient (Wildman–Crippen LogP) is 1.43. The number of ether oxygens (including phenoxy) is 1. The molecule has 1 saturated heterocycles. The lowest BCUT2D eigenvalue weighted by Gasteiger charge is -2.27. The first kappa shape index (κ1) is 26.9. The fourth-order valence-electron chi connectivity index (χ4n) is 3.42. The number of hydrogen-bond donors (Lipinski definition) is 4. The minimum Gasteiger partial charge on any atom is -0.387 e. The van der Waals surface area contributed by atoms with Crippen LogP contribution < -0.4 is 11.3 Å². The maximum absolute atomic E-state index is 12.1. The highest BCUT2D eigenvalue weighted by Gasteiger charge is 2.53. The van der Waals surface area contributed by atoms with E-state index in [-0.39, 0.29) is 35.3 Å². The molecule has 5 atom stereocenters. The van der Waals surface area contributed by atoms with Crippen molar-refractivity contribution in [1.29, 1.82) is 0 Å². The van der Waals surface area contributed by atoms with Gasteiger partial charge in [-0.1, -0.05) is 32.5 Å². The lowest BCUT2D eigenvalue weighted by atomic mass is 9.92. The van der Waals surface area contributed by atoms with Gasteiger partial charge in [-0.15, -0.1) is 0 Å². The third-order valence-electron chi connectivity index (χ3n) is 5.95. The number of carbonyl (C=O) groups is 1. The zero-order valence-corrected chi connectivity index (χ0v) is 21.3. The van der Waals surface area contributed by atoms with E-state index >= 15 is 0 Å². The summed E-state index contributed by atoms with van der Waals surface area (Å²) in [5.41, 5.74) is 3.14. The summed E-state index contributed by atoms with van der Waals surface area (Å²) in [6.45, 7) is 6.78. The Morgan fingerprint density at radius 1 is 1.47 bits per heavy atom. The van der Waals surface area contributed by atoms with E-state index in [2.05, 4.69) is 9.97 Å². The van der Waals surface area contributed by atoms with Crippen molar-refractivity contribution in [1.82, 2.24) is 14.5 Å². The normalized spacial score (nSPS) is 26.2. The Balaban J connectivity index is 1.57. The van der Waals surface area contributed by atoms with Gasteiger partial charge in [-0.3, -0.25) is 19.1 Å². The van der Waals surface area contributed by atoms with Crippen molar-refractivity contribution in [2.75, 3.05) is 24.7 Å². The van der Waals surface area contributed by atoms with Gasteiger partial charge in [0.25, 0.3) is 5.56 Å². The van der Waals surface area contributed by atoms with Crippen LogP contribution in [0.3, 0.4) is 0 Å². The van der Waals surface area contributed by atoms with Crippen LogP contribution in [0.25, 0.3) is 11.0 Å². The van der Waals surface area contributed by atoms with Crippen LogP contribution in [-0.4, -0.2) is 66.6 Å². The van der Waals surface area contributed by atoms with Gasteiger partial charge >= 0.3 is 8.25 Å². The van der Waals surface area contributed by atoms with Gasteiger partial charge in [0.05, 0.1) is 18.6 Å². The Morgan fingerprint density at radius 3 is 2.85 bits per heavy atom. The highest BCUT2D eigenvalue weighted by atomic mass is 32.2. The van der Waals surface area contributed by atoms with Gasteiger partial charge in [-0.2, -0.15) is 4.98 Å². The Hall–Kier alpha value is -1.73. The van der Waals surface area contributed by atoms with E-state index < -0.39 is 43.3 Å². The fraction of sp³-hybridized carbons (Fsp3) is 0.650. The zero-order valence-electron chi connectivity index (χ0n) is 19.4. The molecular weight excluding hydrogens is 487 g/mol. The van der Waals surface area contributed by atoms with Crippen molar-refractivity contribution in [2.24, 2.45) is 5.41 Å². The van der Waals surface area contributed by atoms with E-state index in [1.165, 1.54) is 23.8 Å². The number of nitrogen functional groups attached to an aromatic ring is 1. The highest BCUT2D eigenvalue weighted by molar-refractivity contribution is 8.13. The summed E-state index contributed by atoms with van der Waals surface area (Å²) in [6.07, 6.45) is -1.34. The lowest BCUT2D eigenvalue weighted by Crippen LogP contribution is -2.44. The SMILES string of the molecule is CCC(C)(C)C(=O)SCCO[PH](=O)OC[C@H]1O[C@@H](n2ccc3c(=O)[nH]c(N)nc32)[C@@](C)(O)C1O. The second kappa shape index (κ2) is 10.5. The van der Waals surface area contributed by atoms with Crippen LogP contribution in [0.1, 0.15) is 40.3 Å². The number of nitrogens with one attached hydrogen (secondary N) is 1. The molecule has 0 amide bonds. The third-order valence-corrected chi connectivity index (χ3v) is 7.97. The molecule has 2 aromatic rings. The average molecular weight is 519 g/mol. The number of hydrogen-bond acceptors (Lipinski definition) is 11. The molecule has 2 aromatic heterocycles. The number of anilines is 1. The van der Waals surface area contributed by atoms with Gasteiger partial charge in [0, 0.05) is 17.4 Å². The van der Waals surface area contributed by atoms with E-state index in [4.69, 9.17) is 19.5 Å². The van der Waals surface area contributed by atoms with Crippen molar-refractivity contribution in [3.05, 3.63) is 22.6 Å². The quantitative estimate of drug-likeness (QED) is 0.264. The van der Waals surface area contributed by atoms with Gasteiger partial charge in [-0.25, -0.2) is 0 Å². The third kappa shape index (κ3) is 5.56. The smallest absolute Gasteiger partial charge is 0.319 e. The average Bonchev–Trinajstić information content (AvgIpc) is 3.28. The molecule has 0 aliphatic carbocycles. The predicted molar refractivity (Wildman–Crippen MR) is 128 cm³/mol. The number of aromatic amines is 1. The Bertz CT molecular complexity index is 1120. The molecule has 0 saturated carbocycles. The summed E-state index contributed by atoms with van der Waals surface area (Å²) in [5.74, 6) is 0.224. The molecule has 5 N–H and O–H groups in total. The molecule has 1 fully saturated rings. The number of nitrogens with two attached hydrogens (primary N) is 1. The van der Waals surface area contributed by atoms with E-state index in [1.54, 1.807) is 0 Å². The van der Waals surface area contributed by atoms with Crippen molar-refractivity contribution in [3.8, 4) is 0 Å². The molecule has 3 heterocycles. The summed E-state index contributed by atoms with van der Waals surface area (Å²) in [6, 6.07) is 1.49. The van der Waals surface area contributed by atoms with E-state index in [1.807, 2.05) is 20.8 Å². The first-order valence-electron chi connectivity index (χ1n) is 10.8. The molecule has 1 aliphatic rings. The molecule has 14 heteroatoms. The summed E-state index contributed by atoms with van der Waals surface area (Å²) in [7, 11) is -2.92. The number of rotatable bonds is 10. The van der Waals surface area contributed by atoms with Crippen molar-refractivity contribution in [2.45, 2.75) is 58.2 Å². The zero-order chi connectivity index (χ0) is 25.3. The van der Waals surface area contributed by atoms with Gasteiger partial charge < -0.3 is 34.3 Å². The number of fused-ring (bicyclic) bond motifs is 1. The van der Waals surface area contributed by atoms with Gasteiger partial charge in [0.2, 0.25) is 5.95 Å². The standard InChI is InChI=1S/C20H31N4O8PS/c1-5-19(2,3)17(27)34-9-8-30-33(29)31-10-12-13(25)20(4,28)16(32-12)24-7-6-11-14(24)22-18(21)23-15(11)26/h6-7,12-13,16,25,28,33H,5,8-10H2,1-4H3,(H3,21,22,23,26)/t12-,13?,16-,20+/m1/s1. The van der Waals surface area contributed by atoms with E-state index in [9.17, 15) is 24.4 Å². The van der Waals surface area contributed by atoms with Crippen LogP contribution in [0.2, 0.25) is 0 Å². The van der Waals surface area contributed by atoms with Crippen LogP contribution in [0.5, 0.6) is 0 Å². The first-order valence-corrected chi connectivity index (χ1v) is 13.0. The summed E-state index contributed by atoms with van der Waals surface area (Å²) >= 11 is 1.11. The van der Waals surface area contributed by atoms with Crippen LogP contribution in [-0.2, 0) is 23.1 Å². The van der Waals surface area contributed by atoms with Gasteiger partial charge in [0.15, 0.2) is 17.0 Å². The van der Waals surface area contributed by atoms with E-state index in [0.717, 1.165) is 11.8 Å². The van der Waals surface area contributed by atoms with Crippen molar-refractivity contribution in [3.63, 3.8) is 0 Å². The second-order valence-corrected chi connectivity index (χ2v) is 11.0. The van der Waals surface area contributed by atoms with Crippen LogP contribution in [0.4, 0.5) is 5.95 Å². The van der Waals surface area contributed by atoms with Crippen LogP contribution in [0.15, 0.2) is 17.1 Å². The van der Waals surface area contributed by atoms with Crippen molar-refractivity contribution >= 4 is 42.1 Å². The molecule has 0 radical (unpaired) electrons. The highest BCUT2D eigenvalue weighted by Crippen LogP contribution is 2.40. The molecule has 3 rings (SSSR count). The Morgan fingerprint density at radius 2 is 2.18 bits per heavy atom. The molecule has 190 valence electrons. The first-order chi connectivity index (χ1) is 15.9. The Kier molecular flexibility index (Phi) is 8.29. The number of aromatic nitrogens is 3. The molecule has 1 aliphatic heterocycles. The number of nitrogens with zero attached hydrogens (tertiary/aromatic N) is 2. The molecule has 2 unspecified atom stereocenters. The topological polar surface area (TPSA) is 179 Å². The Labute approximate surface area is 201 Å². The second-order valence-electron chi connectivity index (χ2n) is 8.89. The van der Waals surface area contributed by atoms with Crippen LogP contribution in [0, 0.1) is 5.41 Å². The summed E-state index contributed by atoms with van der Waals surface area (Å²) < 4.78 is 29.7.